The maximum atomic E-state index is 10.8. The summed E-state index contributed by atoms with van der Waals surface area (Å²) >= 11 is 0. The van der Waals surface area contributed by atoms with E-state index >= 15 is 0 Å². The first-order valence-corrected chi connectivity index (χ1v) is 8.79. The summed E-state index contributed by atoms with van der Waals surface area (Å²) < 4.78 is 5.30. The molecule has 26 heavy (non-hydrogen) atoms. The largest absolute Gasteiger partial charge is 0.484 e. The topological polar surface area (TPSA) is 103 Å². The number of nitrogens with two attached hydrogens (primary N) is 2. The highest BCUT2D eigenvalue weighted by molar-refractivity contribution is 5.93. The Kier molecular flexibility index (Phi) is 5.73. The Morgan fingerprint density at radius 2 is 1.92 bits per heavy atom. The molecule has 0 aromatic heterocycles. The molecule has 6 nitrogen and oxygen atoms in total. The fraction of sp³-hybridized carbons (Fsp3) is 0.300. The average Bonchev–Trinajstić information content (AvgIpc) is 2.65. The van der Waals surface area contributed by atoms with Crippen molar-refractivity contribution in [2.45, 2.75) is 32.2 Å². The number of fused-ring (bicyclic) bond motifs is 1. The van der Waals surface area contributed by atoms with Crippen molar-refractivity contribution in [1.82, 2.24) is 0 Å². The maximum Gasteiger partial charge on any atom is 0.255 e. The van der Waals surface area contributed by atoms with E-state index in [1.165, 1.54) is 24.0 Å². The van der Waals surface area contributed by atoms with Crippen molar-refractivity contribution in [2.24, 2.45) is 16.5 Å². The Morgan fingerprint density at radius 1 is 1.12 bits per heavy atom. The standard InChI is InChI=1S/C20H24N4O2/c21-19(25)13-26-16-8-3-5-14(11-16)12-23-20(22)24-18-10-4-7-15-6-1-2-9-17(15)18/h3-5,7-8,10-11H,1-2,6,9,12-13H2,(H2,21,25)(H3,22,23,24). The van der Waals surface area contributed by atoms with Crippen LogP contribution < -0.4 is 21.5 Å². The Labute approximate surface area is 153 Å². The number of aliphatic imine (C=N–C) groups is 1. The van der Waals surface area contributed by atoms with Crippen molar-refractivity contribution in [3.8, 4) is 5.75 Å². The van der Waals surface area contributed by atoms with Crippen LogP contribution in [0.15, 0.2) is 47.5 Å². The molecule has 0 saturated carbocycles. The minimum Gasteiger partial charge on any atom is -0.484 e. The van der Waals surface area contributed by atoms with Gasteiger partial charge in [-0.1, -0.05) is 24.3 Å². The molecule has 136 valence electrons. The lowest BCUT2D eigenvalue weighted by molar-refractivity contribution is -0.119. The highest BCUT2D eigenvalue weighted by Crippen LogP contribution is 2.27. The van der Waals surface area contributed by atoms with Gasteiger partial charge < -0.3 is 21.5 Å². The van der Waals surface area contributed by atoms with Crippen LogP contribution in [0, 0.1) is 0 Å². The van der Waals surface area contributed by atoms with Gasteiger partial charge in [-0.15, -0.1) is 0 Å². The first kappa shape index (κ1) is 17.8. The van der Waals surface area contributed by atoms with E-state index in [2.05, 4.69) is 22.4 Å². The van der Waals surface area contributed by atoms with Crippen molar-refractivity contribution >= 4 is 17.6 Å². The van der Waals surface area contributed by atoms with E-state index in [1.807, 2.05) is 24.3 Å². The number of nitrogens with one attached hydrogen (secondary N) is 1. The van der Waals surface area contributed by atoms with Crippen molar-refractivity contribution < 1.29 is 9.53 Å². The minimum atomic E-state index is -0.506. The molecule has 0 bridgehead atoms. The van der Waals surface area contributed by atoms with E-state index in [0.29, 0.717) is 18.3 Å². The smallest absolute Gasteiger partial charge is 0.255 e. The van der Waals surface area contributed by atoms with Crippen molar-refractivity contribution in [3.05, 3.63) is 59.2 Å². The van der Waals surface area contributed by atoms with Gasteiger partial charge in [0, 0.05) is 5.69 Å². The first-order chi connectivity index (χ1) is 12.6. The molecule has 6 heteroatoms. The van der Waals surface area contributed by atoms with Crippen LogP contribution in [0.1, 0.15) is 29.5 Å². The van der Waals surface area contributed by atoms with E-state index in [4.69, 9.17) is 16.2 Å². The molecular formula is C20H24N4O2. The zero-order valence-corrected chi connectivity index (χ0v) is 14.7. The molecule has 0 aliphatic heterocycles. The van der Waals surface area contributed by atoms with Gasteiger partial charge in [-0.2, -0.15) is 0 Å². The van der Waals surface area contributed by atoms with Crippen LogP contribution in [-0.2, 0) is 24.2 Å². The number of hydrogen-bond acceptors (Lipinski definition) is 3. The summed E-state index contributed by atoms with van der Waals surface area (Å²) in [5.41, 5.74) is 15.9. The number of carbonyl (C=O) groups excluding carboxylic acids is 1. The third-order valence-electron chi connectivity index (χ3n) is 4.37. The van der Waals surface area contributed by atoms with Crippen LogP contribution in [0.5, 0.6) is 5.75 Å². The van der Waals surface area contributed by atoms with Gasteiger partial charge in [0.25, 0.3) is 5.91 Å². The molecule has 0 spiro atoms. The summed E-state index contributed by atoms with van der Waals surface area (Å²) in [5.74, 6) is 0.459. The van der Waals surface area contributed by atoms with Gasteiger partial charge in [0.05, 0.1) is 6.54 Å². The summed E-state index contributed by atoms with van der Waals surface area (Å²) in [6, 6.07) is 13.7. The highest BCUT2D eigenvalue weighted by Gasteiger charge is 2.13. The Balaban J connectivity index is 1.64. The predicted molar refractivity (Wildman–Crippen MR) is 103 cm³/mol. The maximum absolute atomic E-state index is 10.8. The number of primary amides is 1. The zero-order chi connectivity index (χ0) is 18.4. The Bertz CT molecular complexity index is 817. The van der Waals surface area contributed by atoms with Gasteiger partial charge in [-0.3, -0.25) is 4.79 Å². The van der Waals surface area contributed by atoms with E-state index < -0.39 is 5.91 Å². The fourth-order valence-corrected chi connectivity index (χ4v) is 3.14. The van der Waals surface area contributed by atoms with Gasteiger partial charge in [0.1, 0.15) is 5.75 Å². The zero-order valence-electron chi connectivity index (χ0n) is 14.7. The van der Waals surface area contributed by atoms with Crippen LogP contribution in [0.2, 0.25) is 0 Å². The van der Waals surface area contributed by atoms with Crippen LogP contribution >= 0.6 is 0 Å². The van der Waals surface area contributed by atoms with Crippen LogP contribution in [0.3, 0.4) is 0 Å². The van der Waals surface area contributed by atoms with Gasteiger partial charge in [0.2, 0.25) is 0 Å². The second-order valence-electron chi connectivity index (χ2n) is 6.38. The molecule has 0 unspecified atom stereocenters. The molecule has 1 aliphatic rings. The third-order valence-corrected chi connectivity index (χ3v) is 4.37. The second kappa shape index (κ2) is 8.38. The minimum absolute atomic E-state index is 0.143. The fourth-order valence-electron chi connectivity index (χ4n) is 3.14. The number of ether oxygens (including phenoxy) is 1. The van der Waals surface area contributed by atoms with Crippen molar-refractivity contribution in [2.75, 3.05) is 11.9 Å². The molecule has 0 atom stereocenters. The number of amides is 1. The van der Waals surface area contributed by atoms with Crippen LogP contribution in [-0.4, -0.2) is 18.5 Å². The predicted octanol–water partition coefficient (Wildman–Crippen LogP) is 2.36. The number of carbonyl (C=O) groups is 1. The summed E-state index contributed by atoms with van der Waals surface area (Å²) in [5, 5.41) is 3.23. The van der Waals surface area contributed by atoms with Crippen molar-refractivity contribution in [3.63, 3.8) is 0 Å². The number of hydrogen-bond donors (Lipinski definition) is 3. The number of rotatable bonds is 6. The average molecular weight is 352 g/mol. The summed E-state index contributed by atoms with van der Waals surface area (Å²) in [6.45, 7) is 0.275. The number of nitrogens with zero attached hydrogens (tertiary/aromatic N) is 1. The molecule has 0 radical (unpaired) electrons. The SMILES string of the molecule is NC(=O)COc1cccc(CN=C(N)Nc2cccc3c2CCCC3)c1. The Hall–Kier alpha value is -3.02. The van der Waals surface area contributed by atoms with Crippen LogP contribution in [0.4, 0.5) is 5.69 Å². The lowest BCUT2D eigenvalue weighted by Gasteiger charge is -2.19. The molecule has 1 amide bonds. The Morgan fingerprint density at radius 3 is 2.77 bits per heavy atom. The molecular weight excluding hydrogens is 328 g/mol. The van der Waals surface area contributed by atoms with E-state index in [1.54, 1.807) is 6.07 Å². The number of anilines is 1. The van der Waals surface area contributed by atoms with Crippen molar-refractivity contribution in [1.29, 1.82) is 0 Å². The number of aryl methyl sites for hydroxylation is 1. The van der Waals surface area contributed by atoms with Gasteiger partial charge >= 0.3 is 0 Å². The molecule has 1 aliphatic carbocycles. The summed E-state index contributed by atoms with van der Waals surface area (Å²) in [4.78, 5) is 15.2. The van der Waals surface area contributed by atoms with Crippen LogP contribution in [0.25, 0.3) is 0 Å². The molecule has 2 aromatic carbocycles. The third kappa shape index (κ3) is 4.75. The number of benzene rings is 2. The van der Waals surface area contributed by atoms with Gasteiger partial charge in [-0.25, -0.2) is 4.99 Å². The van der Waals surface area contributed by atoms with Gasteiger partial charge in [0.15, 0.2) is 12.6 Å². The monoisotopic (exact) mass is 352 g/mol. The molecule has 0 saturated heterocycles. The first-order valence-electron chi connectivity index (χ1n) is 8.79. The van der Waals surface area contributed by atoms with E-state index in [9.17, 15) is 4.79 Å². The normalized spacial score (nSPS) is 13.8. The van der Waals surface area contributed by atoms with E-state index in [-0.39, 0.29) is 6.61 Å². The molecule has 0 fully saturated rings. The molecule has 2 aromatic rings. The highest BCUT2D eigenvalue weighted by atomic mass is 16.5. The molecule has 3 rings (SSSR count). The summed E-state index contributed by atoms with van der Waals surface area (Å²) in [6.07, 6.45) is 4.65. The summed E-state index contributed by atoms with van der Waals surface area (Å²) in [7, 11) is 0. The molecule has 5 N–H and O–H groups in total. The molecule has 0 heterocycles. The quantitative estimate of drug-likeness (QED) is 0.548. The lowest BCUT2D eigenvalue weighted by atomic mass is 9.90. The lowest BCUT2D eigenvalue weighted by Crippen LogP contribution is -2.24. The number of guanidine groups is 1. The van der Waals surface area contributed by atoms with E-state index in [0.717, 1.165) is 24.1 Å². The van der Waals surface area contributed by atoms with Gasteiger partial charge in [-0.05, 0) is 60.6 Å². The second-order valence-corrected chi connectivity index (χ2v) is 6.38.